The van der Waals surface area contributed by atoms with E-state index in [1.54, 1.807) is 0 Å². The highest BCUT2D eigenvalue weighted by Gasteiger charge is 2.06. The minimum absolute atomic E-state index is 0.0346. The first kappa shape index (κ1) is 7.24. The van der Waals surface area contributed by atoms with Crippen LogP contribution >= 0.6 is 11.6 Å². The number of halogens is 1. The van der Waals surface area contributed by atoms with Gasteiger partial charge in [-0.2, -0.15) is 0 Å². The molecule has 0 saturated carbocycles. The van der Waals surface area contributed by atoms with Crippen LogP contribution in [0.15, 0.2) is 22.1 Å². The molecule has 12 heavy (non-hydrogen) atoms. The first-order valence-electron chi connectivity index (χ1n) is 3.21. The van der Waals surface area contributed by atoms with Crippen molar-refractivity contribution in [2.24, 2.45) is 9.98 Å². The Morgan fingerprint density at radius 3 is 2.83 bits per heavy atom. The van der Waals surface area contributed by atoms with Crippen molar-refractivity contribution in [2.75, 3.05) is 0 Å². The van der Waals surface area contributed by atoms with Gasteiger partial charge in [0.2, 0.25) is 5.96 Å². The summed E-state index contributed by atoms with van der Waals surface area (Å²) in [6.07, 6.45) is 0. The van der Waals surface area contributed by atoms with E-state index in [-0.39, 0.29) is 11.7 Å². The Bertz CT molecular complexity index is 480. The van der Waals surface area contributed by atoms with Gasteiger partial charge in [0, 0.05) is 12.1 Å². The molecule has 1 aromatic carbocycles. The van der Waals surface area contributed by atoms with Crippen LogP contribution in [0.5, 0.6) is 5.75 Å². The zero-order chi connectivity index (χ0) is 8.72. The maximum Gasteiger partial charge on any atom is 0.243 e. The second-order valence-electron chi connectivity index (χ2n) is 2.34. The van der Waals surface area contributed by atoms with Crippen LogP contribution in [0.25, 0.3) is 0 Å². The molecule has 0 aliphatic carbocycles. The van der Waals surface area contributed by atoms with Crippen molar-refractivity contribution < 1.29 is 5.11 Å². The fraction of sp³-hybridized carbons (Fsp3) is 0. The summed E-state index contributed by atoms with van der Waals surface area (Å²) in [6, 6.07) is 2.80. The van der Waals surface area contributed by atoms with Crippen LogP contribution in [0, 0.1) is 5.41 Å². The summed E-state index contributed by atoms with van der Waals surface area (Å²) in [5.41, 5.74) is 0. The van der Waals surface area contributed by atoms with Gasteiger partial charge < -0.3 is 5.11 Å². The van der Waals surface area contributed by atoms with Crippen LogP contribution in [0.4, 0.5) is 0 Å². The molecule has 0 unspecified atom stereocenters. The fourth-order valence-electron chi connectivity index (χ4n) is 1.01. The first-order chi connectivity index (χ1) is 5.66. The number of phenols is 1. The van der Waals surface area contributed by atoms with E-state index in [4.69, 9.17) is 22.1 Å². The lowest BCUT2D eigenvalue weighted by Gasteiger charge is -1.90. The van der Waals surface area contributed by atoms with Gasteiger partial charge in [0.15, 0.2) is 0 Å². The van der Waals surface area contributed by atoms with Gasteiger partial charge in [-0.1, -0.05) is 11.6 Å². The van der Waals surface area contributed by atoms with E-state index >= 15 is 0 Å². The van der Waals surface area contributed by atoms with Crippen molar-refractivity contribution in [1.82, 2.24) is 0 Å². The Hall–Kier alpha value is -1.42. The van der Waals surface area contributed by atoms with Gasteiger partial charge in [0.25, 0.3) is 0 Å². The lowest BCUT2D eigenvalue weighted by molar-refractivity contribution is 0.474. The minimum atomic E-state index is -0.0856. The number of guanidine groups is 1. The summed E-state index contributed by atoms with van der Waals surface area (Å²) < 4.78 is 0. The zero-order valence-corrected chi connectivity index (χ0v) is 6.63. The van der Waals surface area contributed by atoms with Crippen LogP contribution in [-0.2, 0) is 0 Å². The van der Waals surface area contributed by atoms with Gasteiger partial charge in [0.05, 0.1) is 10.4 Å². The van der Waals surface area contributed by atoms with Gasteiger partial charge >= 0.3 is 0 Å². The van der Waals surface area contributed by atoms with Gasteiger partial charge in [-0.25, -0.2) is 9.98 Å². The number of phenolic OH excluding ortho intramolecular Hbond substituents is 1. The van der Waals surface area contributed by atoms with Crippen LogP contribution in [0.2, 0.25) is 5.02 Å². The molecule has 5 heteroatoms. The Morgan fingerprint density at radius 1 is 1.33 bits per heavy atom. The third kappa shape index (κ3) is 0.967. The number of aromatic hydroxyl groups is 1. The summed E-state index contributed by atoms with van der Waals surface area (Å²) >= 11 is 5.73. The highest BCUT2D eigenvalue weighted by Crippen LogP contribution is 2.09. The molecule has 0 aromatic heterocycles. The number of hydrogen-bond donors (Lipinski definition) is 2. The van der Waals surface area contributed by atoms with Gasteiger partial charge in [0.1, 0.15) is 11.1 Å². The van der Waals surface area contributed by atoms with E-state index in [1.807, 2.05) is 0 Å². The summed E-state index contributed by atoms with van der Waals surface area (Å²) in [5.74, 6) is -0.0510. The van der Waals surface area contributed by atoms with Crippen LogP contribution in [-0.4, -0.2) is 11.1 Å². The Morgan fingerprint density at radius 2 is 2.08 bits per heavy atom. The quantitative estimate of drug-likeness (QED) is 0.591. The van der Waals surface area contributed by atoms with Crippen molar-refractivity contribution in [3.05, 3.63) is 27.9 Å². The molecule has 0 fully saturated rings. The maximum absolute atomic E-state index is 9.11. The highest BCUT2D eigenvalue weighted by atomic mass is 35.5. The zero-order valence-electron chi connectivity index (χ0n) is 5.87. The molecule has 1 aliphatic heterocycles. The third-order valence-electron chi connectivity index (χ3n) is 1.47. The standard InChI is InChI=1S/C7H4ClN3O/c8-4-1-3(12)2-5-6(4)11-7(9)10-5/h1-2,9,12H. The van der Waals surface area contributed by atoms with Crippen LogP contribution in [0.3, 0.4) is 0 Å². The lowest BCUT2D eigenvalue weighted by Crippen LogP contribution is -2.21. The molecule has 0 amide bonds. The maximum atomic E-state index is 9.11. The summed E-state index contributed by atoms with van der Waals surface area (Å²) in [6.45, 7) is 0. The van der Waals surface area contributed by atoms with E-state index in [1.165, 1.54) is 12.1 Å². The molecule has 1 aliphatic rings. The number of benzene rings is 1. The SMILES string of the molecule is N=C1N=c2cc(O)cc(Cl)c2=N1. The summed E-state index contributed by atoms with van der Waals surface area (Å²) in [7, 11) is 0. The molecule has 0 radical (unpaired) electrons. The lowest BCUT2D eigenvalue weighted by atomic mass is 10.3. The number of rotatable bonds is 0. The summed E-state index contributed by atoms with van der Waals surface area (Å²) in [4.78, 5) is 7.51. The normalized spacial score (nSPS) is 13.6. The summed E-state index contributed by atoms with van der Waals surface area (Å²) in [5, 5.41) is 17.5. The minimum Gasteiger partial charge on any atom is -0.508 e. The van der Waals surface area contributed by atoms with Crippen molar-refractivity contribution in [1.29, 1.82) is 5.41 Å². The first-order valence-corrected chi connectivity index (χ1v) is 3.59. The Balaban J connectivity index is 2.95. The fourth-order valence-corrected chi connectivity index (χ4v) is 1.26. The van der Waals surface area contributed by atoms with E-state index in [9.17, 15) is 0 Å². The molecule has 60 valence electrons. The van der Waals surface area contributed by atoms with Crippen molar-refractivity contribution in [3.63, 3.8) is 0 Å². The molecule has 2 N–H and O–H groups in total. The van der Waals surface area contributed by atoms with Crippen molar-refractivity contribution >= 4 is 17.6 Å². The molecule has 4 nitrogen and oxygen atoms in total. The average Bonchev–Trinajstić information content (AvgIpc) is 2.29. The van der Waals surface area contributed by atoms with E-state index in [2.05, 4.69) is 9.98 Å². The largest absolute Gasteiger partial charge is 0.508 e. The number of fused-ring (bicyclic) bond motifs is 1. The average molecular weight is 182 g/mol. The Kier molecular flexibility index (Phi) is 1.38. The number of nitrogens with zero attached hydrogens (tertiary/aromatic N) is 2. The van der Waals surface area contributed by atoms with Crippen LogP contribution in [0.1, 0.15) is 0 Å². The van der Waals surface area contributed by atoms with Crippen molar-refractivity contribution in [3.8, 4) is 5.75 Å². The van der Waals surface area contributed by atoms with Gasteiger partial charge in [-0.3, -0.25) is 5.41 Å². The van der Waals surface area contributed by atoms with E-state index < -0.39 is 0 Å². The predicted molar refractivity (Wildman–Crippen MR) is 43.2 cm³/mol. The molecule has 0 spiro atoms. The molecule has 2 rings (SSSR count). The second kappa shape index (κ2) is 2.28. The Labute approximate surface area is 72.4 Å². The third-order valence-corrected chi connectivity index (χ3v) is 1.76. The number of hydrogen-bond acceptors (Lipinski definition) is 2. The molecule has 0 atom stereocenters. The smallest absolute Gasteiger partial charge is 0.243 e. The molecular weight excluding hydrogens is 178 g/mol. The number of nitrogens with one attached hydrogen (secondary N) is 1. The molecule has 0 saturated heterocycles. The monoisotopic (exact) mass is 181 g/mol. The van der Waals surface area contributed by atoms with Gasteiger partial charge in [-0.15, -0.1) is 0 Å². The second-order valence-corrected chi connectivity index (χ2v) is 2.75. The molecule has 1 heterocycles. The molecule has 0 bridgehead atoms. The van der Waals surface area contributed by atoms with E-state index in [0.717, 1.165) is 0 Å². The predicted octanol–water partition coefficient (Wildman–Crippen LogP) is 0.233. The highest BCUT2D eigenvalue weighted by molar-refractivity contribution is 6.30. The van der Waals surface area contributed by atoms with Crippen molar-refractivity contribution in [2.45, 2.75) is 0 Å². The molecular formula is C7H4ClN3O. The topological polar surface area (TPSA) is 68.8 Å². The van der Waals surface area contributed by atoms with Gasteiger partial charge in [-0.05, 0) is 0 Å². The van der Waals surface area contributed by atoms with E-state index in [0.29, 0.717) is 15.7 Å². The van der Waals surface area contributed by atoms with Crippen LogP contribution < -0.4 is 10.7 Å². The molecule has 1 aromatic rings.